The van der Waals surface area contributed by atoms with Gasteiger partial charge in [0.2, 0.25) is 0 Å². The molecule has 2 heterocycles. The first-order chi connectivity index (χ1) is 20.1. The Morgan fingerprint density at radius 3 is 1.51 bits per heavy atom. The van der Waals surface area contributed by atoms with E-state index in [0.29, 0.717) is 0 Å². The molecule has 1 aliphatic rings. The molecular formula is C33H24Ga2N2O4. The molecule has 0 aliphatic heterocycles. The molecule has 6 nitrogen and oxygen atoms in total. The molecule has 0 saturated heterocycles. The van der Waals surface area contributed by atoms with Crippen molar-refractivity contribution in [1.82, 2.24) is 9.97 Å². The van der Waals surface area contributed by atoms with Crippen molar-refractivity contribution in [3.63, 3.8) is 0 Å². The Morgan fingerprint density at radius 1 is 0.537 bits per heavy atom. The van der Waals surface area contributed by atoms with E-state index in [2.05, 4.69) is 46.4 Å². The second-order valence-electron chi connectivity index (χ2n) is 10.0. The summed E-state index contributed by atoms with van der Waals surface area (Å²) in [5.41, 5.74) is 8.69. The van der Waals surface area contributed by atoms with Gasteiger partial charge in [-0.15, -0.1) is 0 Å². The number of hydrogen-bond acceptors (Lipinski definition) is 6. The van der Waals surface area contributed by atoms with E-state index in [0.717, 1.165) is 62.6 Å². The van der Waals surface area contributed by atoms with Crippen molar-refractivity contribution < 1.29 is 14.1 Å². The van der Waals surface area contributed by atoms with Crippen LogP contribution < -0.4 is 14.1 Å². The quantitative estimate of drug-likeness (QED) is 0.166. The number of hydrogen-bond donors (Lipinski definition) is 0. The van der Waals surface area contributed by atoms with E-state index in [4.69, 9.17) is 14.1 Å². The van der Waals surface area contributed by atoms with E-state index >= 15 is 0 Å². The van der Waals surface area contributed by atoms with Crippen molar-refractivity contribution in [3.8, 4) is 34.1 Å². The fourth-order valence-corrected chi connectivity index (χ4v) is 7.71. The Bertz CT molecular complexity index is 1790. The van der Waals surface area contributed by atoms with Crippen molar-refractivity contribution >= 4 is 58.1 Å². The van der Waals surface area contributed by atoms with Crippen LogP contribution in [-0.2, 0) is 6.42 Å². The molecule has 41 heavy (non-hydrogen) atoms. The average Bonchev–Trinajstić information content (AvgIpc) is 3.34. The first-order valence-electron chi connectivity index (χ1n) is 13.4. The summed E-state index contributed by atoms with van der Waals surface area (Å²) < 4.78 is 24.5. The molecule has 0 atom stereocenters. The SMILES string of the molecule is Cc1ccc2cccc([O][Ga][O]c3ccc4c(c3)Cc3cc([O][Ga][O]c5cccc6ccc(C)nc56)ccc3-4)c2n1. The first-order valence-corrected chi connectivity index (χ1v) is 17.4. The molecule has 0 bridgehead atoms. The van der Waals surface area contributed by atoms with Crippen LogP contribution in [0.25, 0.3) is 32.9 Å². The number of para-hydroxylation sites is 2. The number of pyridine rings is 2. The summed E-state index contributed by atoms with van der Waals surface area (Å²) in [6, 6.07) is 32.8. The summed E-state index contributed by atoms with van der Waals surface area (Å²) >= 11 is -2.94. The van der Waals surface area contributed by atoms with Gasteiger partial charge in [-0.3, -0.25) is 0 Å². The maximum atomic E-state index is 6.14. The molecule has 2 aromatic heterocycles. The van der Waals surface area contributed by atoms with Gasteiger partial charge >= 0.3 is 256 Å². The molecule has 0 amide bonds. The van der Waals surface area contributed by atoms with Crippen LogP contribution in [0.1, 0.15) is 22.5 Å². The topological polar surface area (TPSA) is 62.7 Å². The van der Waals surface area contributed by atoms with E-state index in [9.17, 15) is 0 Å². The van der Waals surface area contributed by atoms with Gasteiger partial charge in [0.15, 0.2) is 0 Å². The van der Waals surface area contributed by atoms with Gasteiger partial charge in [-0.1, -0.05) is 0 Å². The molecule has 8 heteroatoms. The van der Waals surface area contributed by atoms with Crippen LogP contribution >= 0.6 is 0 Å². The zero-order chi connectivity index (χ0) is 27.8. The van der Waals surface area contributed by atoms with Crippen LogP contribution in [0, 0.1) is 13.8 Å². The molecule has 7 rings (SSSR count). The summed E-state index contributed by atoms with van der Waals surface area (Å²) in [6.45, 7) is 3.98. The standard InChI is InChI=1S/C13H10O2.2C10H9NO.2Ga/c14-10-1-3-12-8(6-10)5-9-7-11(15)2-4-13(9)12;2*1-7-5-6-8-3-2-4-9(12)10(8)11-7;;/h1-4,6-7,14-15H,5H2;2*2-6,12H,1H3;;/q;;;2*+2/p-4. The van der Waals surface area contributed by atoms with Gasteiger partial charge in [-0.05, 0) is 0 Å². The van der Waals surface area contributed by atoms with Gasteiger partial charge in [-0.25, -0.2) is 0 Å². The van der Waals surface area contributed by atoms with Crippen molar-refractivity contribution in [3.05, 3.63) is 120 Å². The zero-order valence-corrected chi connectivity index (χ0v) is 27.5. The van der Waals surface area contributed by atoms with Crippen molar-refractivity contribution in [2.45, 2.75) is 20.3 Å². The van der Waals surface area contributed by atoms with E-state index in [-0.39, 0.29) is 0 Å². The Labute approximate surface area is 254 Å². The fraction of sp³-hybridized carbons (Fsp3) is 0.0909. The van der Waals surface area contributed by atoms with Gasteiger partial charge in [-0.2, -0.15) is 0 Å². The molecule has 1 aliphatic carbocycles. The summed E-state index contributed by atoms with van der Waals surface area (Å²) in [6.07, 6.45) is 0.840. The molecule has 196 valence electrons. The van der Waals surface area contributed by atoms with Crippen LogP contribution in [0.5, 0.6) is 23.0 Å². The number of rotatable bonds is 8. The first kappa shape index (κ1) is 26.1. The molecule has 0 saturated carbocycles. The van der Waals surface area contributed by atoms with E-state index in [1.165, 1.54) is 22.3 Å². The van der Waals surface area contributed by atoms with Gasteiger partial charge in [0.1, 0.15) is 0 Å². The van der Waals surface area contributed by atoms with Crippen molar-refractivity contribution in [2.24, 2.45) is 0 Å². The number of fused-ring (bicyclic) bond motifs is 5. The normalized spacial score (nSPS) is 11.6. The molecular weight excluding hydrogens is 628 g/mol. The third-order valence-electron chi connectivity index (χ3n) is 7.19. The third-order valence-corrected chi connectivity index (χ3v) is 10.2. The van der Waals surface area contributed by atoms with Crippen LogP contribution in [0.2, 0.25) is 0 Å². The predicted molar refractivity (Wildman–Crippen MR) is 162 cm³/mol. The van der Waals surface area contributed by atoms with Gasteiger partial charge in [0, 0.05) is 0 Å². The van der Waals surface area contributed by atoms with E-state index in [1.807, 2.05) is 74.5 Å². The Kier molecular flexibility index (Phi) is 7.14. The van der Waals surface area contributed by atoms with Gasteiger partial charge < -0.3 is 0 Å². The Balaban J connectivity index is 0.989. The van der Waals surface area contributed by atoms with E-state index in [1.54, 1.807) is 0 Å². The van der Waals surface area contributed by atoms with Gasteiger partial charge in [0.05, 0.1) is 0 Å². The number of aromatic nitrogens is 2. The monoisotopic (exact) mass is 650 g/mol. The van der Waals surface area contributed by atoms with Crippen LogP contribution in [0.4, 0.5) is 0 Å². The number of nitrogens with zero attached hydrogens (tertiary/aromatic N) is 2. The predicted octanol–water partition coefficient (Wildman–Crippen LogP) is 6.96. The van der Waals surface area contributed by atoms with Crippen LogP contribution in [0.15, 0.2) is 97.1 Å². The van der Waals surface area contributed by atoms with Crippen LogP contribution in [-0.4, -0.2) is 46.2 Å². The van der Waals surface area contributed by atoms with E-state index < -0.39 is 36.3 Å². The minimum atomic E-state index is -1.47. The summed E-state index contributed by atoms with van der Waals surface area (Å²) in [7, 11) is 0. The van der Waals surface area contributed by atoms with Gasteiger partial charge in [0.25, 0.3) is 0 Å². The second-order valence-corrected chi connectivity index (χ2v) is 12.8. The molecule has 2 radical (unpaired) electrons. The molecule has 4 aromatic carbocycles. The average molecular weight is 652 g/mol. The molecule has 6 aromatic rings. The Hall–Kier alpha value is -3.83. The van der Waals surface area contributed by atoms with Crippen molar-refractivity contribution in [2.75, 3.05) is 0 Å². The molecule has 0 spiro atoms. The molecule has 0 fully saturated rings. The second kappa shape index (κ2) is 11.2. The maximum absolute atomic E-state index is 6.14. The minimum absolute atomic E-state index is 0.784. The molecule has 0 N–H and O–H groups in total. The fourth-order valence-electron chi connectivity index (χ4n) is 5.20. The summed E-state index contributed by atoms with van der Waals surface area (Å²) in [5, 5.41) is 2.14. The number of aryl methyl sites for hydroxylation is 2. The van der Waals surface area contributed by atoms with Crippen molar-refractivity contribution in [1.29, 1.82) is 0 Å². The summed E-state index contributed by atoms with van der Waals surface area (Å²) in [4.78, 5) is 9.31. The Morgan fingerprint density at radius 2 is 1.02 bits per heavy atom. The number of benzene rings is 4. The zero-order valence-electron chi connectivity index (χ0n) is 22.6. The van der Waals surface area contributed by atoms with Crippen LogP contribution in [0.3, 0.4) is 0 Å². The third kappa shape index (κ3) is 5.43. The summed E-state index contributed by atoms with van der Waals surface area (Å²) in [5.74, 6) is 3.26. The molecule has 0 unspecified atom stereocenters.